The minimum absolute atomic E-state index is 0.0880. The molecule has 2 aromatic carbocycles. The summed E-state index contributed by atoms with van der Waals surface area (Å²) >= 11 is 0. The fourth-order valence-electron chi connectivity index (χ4n) is 3.97. The molecule has 0 radical (unpaired) electrons. The minimum Gasteiger partial charge on any atom is -0.494 e. The first-order valence-corrected chi connectivity index (χ1v) is 9.96. The molecule has 1 aliphatic heterocycles. The number of ether oxygens (including phenoxy) is 1. The van der Waals surface area contributed by atoms with Crippen LogP contribution in [0.5, 0.6) is 5.75 Å². The van der Waals surface area contributed by atoms with Crippen LogP contribution in [-0.4, -0.2) is 25.0 Å². The number of nitrogens with zero attached hydrogens (tertiary/aromatic N) is 2. The van der Waals surface area contributed by atoms with E-state index in [4.69, 9.17) is 4.74 Å². The standard InChI is InChI=1S/C23H22FN3O3/c1-30-21-10-9-15(13-19(21)24)22(28)25-16-6-4-5-14(11-16)12-20-17-7-2-3-8-18(17)23(29)27-26-20/h4-6,9-11,13,20H,2-3,7-8,12H2,1H3,(H,25,28). The Morgan fingerprint density at radius 2 is 2.03 bits per heavy atom. The molecule has 0 saturated heterocycles. The molecule has 1 aliphatic carbocycles. The Hall–Kier alpha value is -3.35. The van der Waals surface area contributed by atoms with Crippen LogP contribution < -0.4 is 10.1 Å². The topological polar surface area (TPSA) is 80.1 Å². The average Bonchev–Trinajstić information content (AvgIpc) is 2.76. The molecule has 0 spiro atoms. The third-order valence-electron chi connectivity index (χ3n) is 5.49. The van der Waals surface area contributed by atoms with Crippen molar-refractivity contribution >= 4 is 17.5 Å². The van der Waals surface area contributed by atoms with Crippen LogP contribution in [0.1, 0.15) is 41.6 Å². The molecule has 0 saturated carbocycles. The molecule has 0 bridgehead atoms. The lowest BCUT2D eigenvalue weighted by Crippen LogP contribution is -2.23. The molecule has 1 N–H and O–H groups in total. The molecule has 6 nitrogen and oxygen atoms in total. The van der Waals surface area contributed by atoms with E-state index in [2.05, 4.69) is 15.5 Å². The van der Waals surface area contributed by atoms with Crippen molar-refractivity contribution in [3.8, 4) is 5.75 Å². The molecule has 2 aromatic rings. The summed E-state index contributed by atoms with van der Waals surface area (Å²) in [6, 6.07) is 11.4. The van der Waals surface area contributed by atoms with Gasteiger partial charge in [0.15, 0.2) is 11.6 Å². The third kappa shape index (κ3) is 4.15. The second kappa shape index (κ2) is 8.57. The highest BCUT2D eigenvalue weighted by molar-refractivity contribution is 6.04. The van der Waals surface area contributed by atoms with Crippen LogP contribution in [0.15, 0.2) is 63.8 Å². The normalized spacial score (nSPS) is 18.2. The van der Waals surface area contributed by atoms with E-state index < -0.39 is 11.7 Å². The first kappa shape index (κ1) is 19.9. The van der Waals surface area contributed by atoms with E-state index >= 15 is 0 Å². The first-order valence-electron chi connectivity index (χ1n) is 9.96. The van der Waals surface area contributed by atoms with E-state index in [9.17, 15) is 14.0 Å². The number of benzene rings is 2. The molecule has 1 atom stereocenters. The molecule has 7 heteroatoms. The number of carbonyl (C=O) groups excluding carboxylic acids is 2. The number of nitrogens with one attached hydrogen (secondary N) is 1. The summed E-state index contributed by atoms with van der Waals surface area (Å²) in [5.41, 5.74) is 3.71. The molecule has 1 unspecified atom stereocenters. The van der Waals surface area contributed by atoms with Crippen molar-refractivity contribution in [1.82, 2.24) is 0 Å². The molecule has 4 rings (SSSR count). The van der Waals surface area contributed by atoms with Crippen LogP contribution in [0.4, 0.5) is 10.1 Å². The Kier molecular flexibility index (Phi) is 5.70. The van der Waals surface area contributed by atoms with E-state index in [0.717, 1.165) is 48.5 Å². The highest BCUT2D eigenvalue weighted by Gasteiger charge is 2.28. The van der Waals surface area contributed by atoms with Crippen LogP contribution in [0.3, 0.4) is 0 Å². The van der Waals surface area contributed by atoms with Gasteiger partial charge in [-0.25, -0.2) is 4.39 Å². The monoisotopic (exact) mass is 407 g/mol. The summed E-state index contributed by atoms with van der Waals surface area (Å²) in [4.78, 5) is 24.5. The van der Waals surface area contributed by atoms with Gasteiger partial charge in [-0.3, -0.25) is 9.59 Å². The quantitative estimate of drug-likeness (QED) is 0.769. The summed E-state index contributed by atoms with van der Waals surface area (Å²) < 4.78 is 18.8. The van der Waals surface area contributed by atoms with Gasteiger partial charge in [0.25, 0.3) is 11.8 Å². The molecule has 0 aromatic heterocycles. The van der Waals surface area contributed by atoms with Crippen molar-refractivity contribution < 1.29 is 18.7 Å². The lowest BCUT2D eigenvalue weighted by atomic mass is 9.84. The van der Waals surface area contributed by atoms with Crippen molar-refractivity contribution in [1.29, 1.82) is 0 Å². The summed E-state index contributed by atoms with van der Waals surface area (Å²) in [7, 11) is 1.37. The van der Waals surface area contributed by atoms with Gasteiger partial charge in [0.05, 0.1) is 13.2 Å². The fourth-order valence-corrected chi connectivity index (χ4v) is 3.97. The smallest absolute Gasteiger partial charge is 0.291 e. The van der Waals surface area contributed by atoms with E-state index in [1.165, 1.54) is 19.2 Å². The number of methoxy groups -OCH3 is 1. The SMILES string of the molecule is COc1ccc(C(=O)Nc2cccc(CC3N=NC(=O)C4=C3CCCC4)c2)cc1F. The lowest BCUT2D eigenvalue weighted by Gasteiger charge is -2.25. The zero-order valence-corrected chi connectivity index (χ0v) is 16.7. The van der Waals surface area contributed by atoms with Crippen molar-refractivity contribution in [3.63, 3.8) is 0 Å². The second-order valence-corrected chi connectivity index (χ2v) is 7.46. The van der Waals surface area contributed by atoms with E-state index in [1.54, 1.807) is 6.07 Å². The minimum atomic E-state index is -0.590. The number of amides is 2. The van der Waals surface area contributed by atoms with Gasteiger partial charge < -0.3 is 10.1 Å². The summed E-state index contributed by atoms with van der Waals surface area (Å²) in [5, 5.41) is 10.9. The third-order valence-corrected chi connectivity index (χ3v) is 5.49. The van der Waals surface area contributed by atoms with Crippen LogP contribution in [0.2, 0.25) is 0 Å². The number of anilines is 1. The zero-order chi connectivity index (χ0) is 21.1. The van der Waals surface area contributed by atoms with Gasteiger partial charge in [0, 0.05) is 23.2 Å². The Bertz CT molecular complexity index is 1060. The van der Waals surface area contributed by atoms with Gasteiger partial charge in [-0.05, 0) is 67.2 Å². The maximum Gasteiger partial charge on any atom is 0.291 e. The molecule has 30 heavy (non-hydrogen) atoms. The summed E-state index contributed by atoms with van der Waals surface area (Å²) in [5.74, 6) is -1.11. The van der Waals surface area contributed by atoms with Crippen LogP contribution in [-0.2, 0) is 11.2 Å². The highest BCUT2D eigenvalue weighted by atomic mass is 19.1. The van der Waals surface area contributed by atoms with Crippen LogP contribution in [0, 0.1) is 5.82 Å². The largest absolute Gasteiger partial charge is 0.494 e. The fraction of sp³-hybridized carbons (Fsp3) is 0.304. The van der Waals surface area contributed by atoms with Gasteiger partial charge in [-0.1, -0.05) is 12.1 Å². The maximum absolute atomic E-state index is 13.9. The molecular formula is C23H22FN3O3. The average molecular weight is 407 g/mol. The van der Waals surface area contributed by atoms with Crippen LogP contribution >= 0.6 is 0 Å². The second-order valence-electron chi connectivity index (χ2n) is 7.46. The molecule has 0 fully saturated rings. The van der Waals surface area contributed by atoms with Crippen molar-refractivity contribution in [2.75, 3.05) is 12.4 Å². The van der Waals surface area contributed by atoms with Gasteiger partial charge in [0.1, 0.15) is 0 Å². The molecule has 1 heterocycles. The lowest BCUT2D eigenvalue weighted by molar-refractivity contribution is -0.115. The van der Waals surface area contributed by atoms with E-state index in [0.29, 0.717) is 12.1 Å². The van der Waals surface area contributed by atoms with E-state index in [-0.39, 0.29) is 23.3 Å². The molecular weight excluding hydrogens is 385 g/mol. The van der Waals surface area contributed by atoms with Crippen molar-refractivity contribution in [3.05, 3.63) is 70.6 Å². The number of hydrogen-bond donors (Lipinski definition) is 1. The van der Waals surface area contributed by atoms with Gasteiger partial charge in [-0.2, -0.15) is 5.11 Å². The Labute approximate surface area is 173 Å². The summed E-state index contributed by atoms with van der Waals surface area (Å²) in [6.07, 6.45) is 4.34. The predicted molar refractivity (Wildman–Crippen MR) is 110 cm³/mol. The first-order chi connectivity index (χ1) is 14.5. The molecule has 154 valence electrons. The number of carbonyl (C=O) groups is 2. The Morgan fingerprint density at radius 1 is 1.20 bits per heavy atom. The van der Waals surface area contributed by atoms with E-state index in [1.807, 2.05) is 18.2 Å². The highest BCUT2D eigenvalue weighted by Crippen LogP contribution is 2.33. The maximum atomic E-state index is 13.9. The van der Waals surface area contributed by atoms with Gasteiger partial charge >= 0.3 is 0 Å². The van der Waals surface area contributed by atoms with Gasteiger partial charge in [0.2, 0.25) is 0 Å². The predicted octanol–water partition coefficient (Wildman–Crippen LogP) is 4.86. The van der Waals surface area contributed by atoms with Crippen molar-refractivity contribution in [2.24, 2.45) is 10.2 Å². The van der Waals surface area contributed by atoms with Crippen molar-refractivity contribution in [2.45, 2.75) is 38.1 Å². The zero-order valence-electron chi connectivity index (χ0n) is 16.7. The molecule has 2 aliphatic rings. The van der Waals surface area contributed by atoms with Gasteiger partial charge in [-0.15, -0.1) is 5.11 Å². The number of rotatable bonds is 5. The number of halogens is 1. The summed E-state index contributed by atoms with van der Waals surface area (Å²) in [6.45, 7) is 0. The number of azo groups is 1. The molecule has 2 amide bonds. The number of hydrogen-bond acceptors (Lipinski definition) is 4. The van der Waals surface area contributed by atoms with Crippen LogP contribution in [0.25, 0.3) is 0 Å². The Morgan fingerprint density at radius 3 is 2.83 bits per heavy atom. The Balaban J connectivity index is 1.48.